The number of aromatic nitrogens is 2. The molecule has 1 aromatic carbocycles. The van der Waals surface area contributed by atoms with E-state index in [0.717, 1.165) is 24.8 Å². The molecule has 1 atom stereocenters. The lowest BCUT2D eigenvalue weighted by molar-refractivity contribution is -0.120. The Balaban J connectivity index is 1.64. The van der Waals surface area contributed by atoms with Crippen molar-refractivity contribution in [2.75, 3.05) is 20.8 Å². The maximum atomic E-state index is 12.1. The number of hydrogen-bond donors (Lipinski definition) is 2. The highest BCUT2D eigenvalue weighted by Crippen LogP contribution is 2.30. The Morgan fingerprint density at radius 2 is 1.77 bits per heavy atom. The summed E-state index contributed by atoms with van der Waals surface area (Å²) in [5, 5.41) is 3.27. The minimum Gasteiger partial charge on any atom is -0.493 e. The number of rotatable bonds is 11. The maximum Gasteiger partial charge on any atom is 0.239 e. The standard InChI is InChI=1S/C24H28N4O3/c1-30-21-8-7-19(14-22(21)31-2)23(24(25)29)28-13-10-18-9-12-27-16-20(18)6-5-17-4-3-11-26-15-17/h3-4,7-9,11-12,14-16,23,28H,5-6,10,13H2,1-2H3,(H2,25,29). The van der Waals surface area contributed by atoms with Crippen molar-refractivity contribution in [3.8, 4) is 11.5 Å². The number of benzene rings is 1. The molecule has 31 heavy (non-hydrogen) atoms. The Labute approximate surface area is 182 Å². The van der Waals surface area contributed by atoms with E-state index in [0.29, 0.717) is 18.0 Å². The van der Waals surface area contributed by atoms with Crippen molar-refractivity contribution in [3.05, 3.63) is 83.4 Å². The van der Waals surface area contributed by atoms with Crippen molar-refractivity contribution < 1.29 is 14.3 Å². The molecule has 2 aromatic heterocycles. The Morgan fingerprint density at radius 1 is 0.968 bits per heavy atom. The molecule has 0 aliphatic heterocycles. The second-order valence-corrected chi connectivity index (χ2v) is 7.16. The zero-order valence-electron chi connectivity index (χ0n) is 17.9. The van der Waals surface area contributed by atoms with Crippen LogP contribution in [0.25, 0.3) is 0 Å². The number of nitrogens with zero attached hydrogens (tertiary/aromatic N) is 2. The third-order valence-electron chi connectivity index (χ3n) is 5.18. The van der Waals surface area contributed by atoms with E-state index in [2.05, 4.69) is 21.4 Å². The van der Waals surface area contributed by atoms with Crippen LogP contribution in [0.3, 0.4) is 0 Å². The third kappa shape index (κ3) is 6.02. The highest BCUT2D eigenvalue weighted by molar-refractivity contribution is 5.81. The zero-order valence-corrected chi connectivity index (χ0v) is 17.9. The number of nitrogens with one attached hydrogen (secondary N) is 1. The number of carbonyl (C=O) groups excluding carboxylic acids is 1. The lowest BCUT2D eigenvalue weighted by atomic mass is 10.00. The van der Waals surface area contributed by atoms with Gasteiger partial charge in [0.15, 0.2) is 11.5 Å². The van der Waals surface area contributed by atoms with Gasteiger partial charge in [-0.3, -0.25) is 14.8 Å². The minimum absolute atomic E-state index is 0.446. The Hall–Kier alpha value is -3.45. The molecule has 3 aromatic rings. The fourth-order valence-electron chi connectivity index (χ4n) is 3.52. The van der Waals surface area contributed by atoms with E-state index in [1.807, 2.05) is 30.6 Å². The van der Waals surface area contributed by atoms with Gasteiger partial charge in [-0.25, -0.2) is 0 Å². The summed E-state index contributed by atoms with van der Waals surface area (Å²) in [6.45, 7) is 0.589. The molecule has 7 heteroatoms. The van der Waals surface area contributed by atoms with Crippen molar-refractivity contribution in [1.29, 1.82) is 0 Å². The van der Waals surface area contributed by atoms with Gasteiger partial charge in [0.2, 0.25) is 5.91 Å². The molecule has 0 spiro atoms. The fraction of sp³-hybridized carbons (Fsp3) is 0.292. The van der Waals surface area contributed by atoms with E-state index < -0.39 is 11.9 Å². The molecular weight excluding hydrogens is 392 g/mol. The van der Waals surface area contributed by atoms with Crippen LogP contribution in [0.5, 0.6) is 11.5 Å². The van der Waals surface area contributed by atoms with Gasteiger partial charge in [-0.1, -0.05) is 12.1 Å². The molecule has 0 aliphatic carbocycles. The maximum absolute atomic E-state index is 12.1. The summed E-state index contributed by atoms with van der Waals surface area (Å²) in [4.78, 5) is 20.5. The number of primary amides is 1. The summed E-state index contributed by atoms with van der Waals surface area (Å²) in [7, 11) is 3.13. The smallest absolute Gasteiger partial charge is 0.239 e. The van der Waals surface area contributed by atoms with Crippen LogP contribution in [0.2, 0.25) is 0 Å². The number of carbonyl (C=O) groups is 1. The number of nitrogens with two attached hydrogens (primary N) is 1. The van der Waals surface area contributed by atoms with Crippen LogP contribution in [0, 0.1) is 0 Å². The first kappa shape index (κ1) is 22.2. The molecular formula is C24H28N4O3. The Bertz CT molecular complexity index is 995. The molecule has 3 rings (SSSR count). The fourth-order valence-corrected chi connectivity index (χ4v) is 3.52. The van der Waals surface area contributed by atoms with Gasteiger partial charge in [0, 0.05) is 31.3 Å². The van der Waals surface area contributed by atoms with Crippen molar-refractivity contribution >= 4 is 5.91 Å². The molecule has 1 amide bonds. The van der Waals surface area contributed by atoms with E-state index >= 15 is 0 Å². The van der Waals surface area contributed by atoms with Crippen LogP contribution in [-0.2, 0) is 24.1 Å². The first-order valence-electron chi connectivity index (χ1n) is 10.2. The molecule has 7 nitrogen and oxygen atoms in total. The van der Waals surface area contributed by atoms with Crippen molar-refractivity contribution in [3.63, 3.8) is 0 Å². The second-order valence-electron chi connectivity index (χ2n) is 7.16. The highest BCUT2D eigenvalue weighted by Gasteiger charge is 2.19. The molecule has 0 saturated carbocycles. The van der Waals surface area contributed by atoms with E-state index in [1.165, 1.54) is 16.7 Å². The van der Waals surface area contributed by atoms with Crippen LogP contribution >= 0.6 is 0 Å². The predicted octanol–water partition coefficient (Wildman–Crippen LogP) is 2.64. The lowest BCUT2D eigenvalue weighted by Crippen LogP contribution is -2.34. The highest BCUT2D eigenvalue weighted by atomic mass is 16.5. The molecule has 0 fully saturated rings. The summed E-state index contributed by atoms with van der Waals surface area (Å²) < 4.78 is 10.6. The van der Waals surface area contributed by atoms with Gasteiger partial charge in [-0.05, 0) is 65.8 Å². The lowest BCUT2D eigenvalue weighted by Gasteiger charge is -2.18. The quantitative estimate of drug-likeness (QED) is 0.495. The average molecular weight is 421 g/mol. The van der Waals surface area contributed by atoms with Gasteiger partial charge in [0.25, 0.3) is 0 Å². The molecule has 0 radical (unpaired) electrons. The molecule has 1 unspecified atom stereocenters. The number of hydrogen-bond acceptors (Lipinski definition) is 6. The van der Waals surface area contributed by atoms with E-state index in [-0.39, 0.29) is 0 Å². The van der Waals surface area contributed by atoms with Crippen LogP contribution in [0.4, 0.5) is 0 Å². The number of aryl methyl sites for hydroxylation is 2. The molecule has 162 valence electrons. The molecule has 0 saturated heterocycles. The first-order valence-corrected chi connectivity index (χ1v) is 10.2. The summed E-state index contributed by atoms with van der Waals surface area (Å²) in [6, 6.07) is 10.8. The second kappa shape index (κ2) is 11.1. The van der Waals surface area contributed by atoms with E-state index in [1.54, 1.807) is 38.7 Å². The van der Waals surface area contributed by atoms with E-state index in [9.17, 15) is 4.79 Å². The van der Waals surface area contributed by atoms with Gasteiger partial charge in [-0.2, -0.15) is 0 Å². The third-order valence-corrected chi connectivity index (χ3v) is 5.18. The van der Waals surface area contributed by atoms with Crippen molar-refractivity contribution in [2.24, 2.45) is 5.73 Å². The van der Waals surface area contributed by atoms with Crippen molar-refractivity contribution in [2.45, 2.75) is 25.3 Å². The van der Waals surface area contributed by atoms with E-state index in [4.69, 9.17) is 15.2 Å². The van der Waals surface area contributed by atoms with Crippen LogP contribution < -0.4 is 20.5 Å². The monoisotopic (exact) mass is 420 g/mol. The molecule has 3 N–H and O–H groups in total. The summed E-state index contributed by atoms with van der Waals surface area (Å²) in [5.41, 5.74) is 9.97. The van der Waals surface area contributed by atoms with Crippen LogP contribution in [0.1, 0.15) is 28.3 Å². The van der Waals surface area contributed by atoms with Gasteiger partial charge in [-0.15, -0.1) is 0 Å². The van der Waals surface area contributed by atoms with Crippen LogP contribution in [0.15, 0.2) is 61.2 Å². The Morgan fingerprint density at radius 3 is 2.48 bits per heavy atom. The molecule has 2 heterocycles. The van der Waals surface area contributed by atoms with Gasteiger partial charge in [0.1, 0.15) is 6.04 Å². The molecule has 0 aliphatic rings. The number of pyridine rings is 2. The van der Waals surface area contributed by atoms with Gasteiger partial charge < -0.3 is 20.5 Å². The summed E-state index contributed by atoms with van der Waals surface area (Å²) >= 11 is 0. The predicted molar refractivity (Wildman–Crippen MR) is 119 cm³/mol. The van der Waals surface area contributed by atoms with Gasteiger partial charge in [0.05, 0.1) is 14.2 Å². The van der Waals surface area contributed by atoms with Crippen molar-refractivity contribution in [1.82, 2.24) is 15.3 Å². The molecule has 0 bridgehead atoms. The largest absolute Gasteiger partial charge is 0.493 e. The topological polar surface area (TPSA) is 99.4 Å². The number of amides is 1. The summed E-state index contributed by atoms with van der Waals surface area (Å²) in [6.07, 6.45) is 9.89. The average Bonchev–Trinajstić information content (AvgIpc) is 2.81. The van der Waals surface area contributed by atoms with Gasteiger partial charge >= 0.3 is 0 Å². The number of methoxy groups -OCH3 is 2. The first-order chi connectivity index (χ1) is 15.1. The minimum atomic E-state index is -0.625. The Kier molecular flexibility index (Phi) is 7.95. The zero-order chi connectivity index (χ0) is 22.1. The summed E-state index contributed by atoms with van der Waals surface area (Å²) in [5.74, 6) is 0.711. The number of ether oxygens (including phenoxy) is 2. The van der Waals surface area contributed by atoms with Crippen LogP contribution in [-0.4, -0.2) is 36.6 Å². The normalized spacial score (nSPS) is 11.7. The SMILES string of the molecule is COc1ccc(C(NCCc2ccncc2CCc2cccnc2)C(N)=O)cc1OC.